The minimum absolute atomic E-state index is 0.0190. The maximum Gasteiger partial charge on any atom is 0.244 e. The summed E-state index contributed by atoms with van der Waals surface area (Å²) in [6.45, 7) is 9.57. The normalized spacial score (nSPS) is 17.2. The van der Waals surface area contributed by atoms with Gasteiger partial charge in [0.2, 0.25) is 5.91 Å². The zero-order valence-electron chi connectivity index (χ0n) is 11.9. The van der Waals surface area contributed by atoms with Gasteiger partial charge in [-0.1, -0.05) is 0 Å². The molecule has 1 aromatic heterocycles. The summed E-state index contributed by atoms with van der Waals surface area (Å²) in [6, 6.07) is 1.90. The van der Waals surface area contributed by atoms with Crippen molar-refractivity contribution < 1.29 is 4.79 Å². The maximum absolute atomic E-state index is 12.5. The number of piperazine rings is 1. The molecule has 0 saturated carbocycles. The summed E-state index contributed by atoms with van der Waals surface area (Å²) < 4.78 is 0. The molecule has 2 heterocycles. The van der Waals surface area contributed by atoms with Crippen molar-refractivity contribution in [3.63, 3.8) is 0 Å². The first kappa shape index (κ1) is 14.0. The van der Waals surface area contributed by atoms with E-state index < -0.39 is 5.54 Å². The Bertz CT molecular complexity index is 453. The van der Waals surface area contributed by atoms with Crippen LogP contribution >= 0.6 is 0 Å². The first-order valence-corrected chi connectivity index (χ1v) is 6.69. The SMILES string of the molecule is Cc1ccncc1NC(=O)C(C)(C)N1CCNCC1. The average molecular weight is 262 g/mol. The number of aryl methyl sites for hydroxylation is 1. The van der Waals surface area contributed by atoms with Crippen LogP contribution < -0.4 is 10.6 Å². The highest BCUT2D eigenvalue weighted by molar-refractivity contribution is 5.97. The van der Waals surface area contributed by atoms with Gasteiger partial charge in [-0.25, -0.2) is 0 Å². The van der Waals surface area contributed by atoms with Crippen LogP contribution in [0.15, 0.2) is 18.5 Å². The molecule has 1 aliphatic heterocycles. The predicted molar refractivity (Wildman–Crippen MR) is 76.1 cm³/mol. The van der Waals surface area contributed by atoms with Crippen molar-refractivity contribution in [3.8, 4) is 0 Å². The van der Waals surface area contributed by atoms with Crippen LogP contribution in [0.25, 0.3) is 0 Å². The molecular formula is C14H22N4O. The molecule has 19 heavy (non-hydrogen) atoms. The molecule has 0 unspecified atom stereocenters. The number of rotatable bonds is 3. The lowest BCUT2D eigenvalue weighted by atomic mass is 10.00. The molecule has 0 bridgehead atoms. The van der Waals surface area contributed by atoms with E-state index in [2.05, 4.69) is 20.5 Å². The van der Waals surface area contributed by atoms with Crippen molar-refractivity contribution in [3.05, 3.63) is 24.0 Å². The molecule has 5 heteroatoms. The highest BCUT2D eigenvalue weighted by Crippen LogP contribution is 2.19. The summed E-state index contributed by atoms with van der Waals surface area (Å²) in [5, 5.41) is 6.29. The van der Waals surface area contributed by atoms with E-state index in [4.69, 9.17) is 0 Å². The molecule has 0 aliphatic carbocycles. The van der Waals surface area contributed by atoms with Crippen molar-refractivity contribution in [2.75, 3.05) is 31.5 Å². The molecule has 1 saturated heterocycles. The van der Waals surface area contributed by atoms with Gasteiger partial charge in [0.25, 0.3) is 0 Å². The van der Waals surface area contributed by atoms with Crippen LogP contribution in [0, 0.1) is 6.92 Å². The lowest BCUT2D eigenvalue weighted by molar-refractivity contribution is -0.126. The van der Waals surface area contributed by atoms with Crippen LogP contribution in [0.4, 0.5) is 5.69 Å². The monoisotopic (exact) mass is 262 g/mol. The van der Waals surface area contributed by atoms with E-state index in [9.17, 15) is 4.79 Å². The Morgan fingerprint density at radius 2 is 2.11 bits per heavy atom. The summed E-state index contributed by atoms with van der Waals surface area (Å²) in [5.74, 6) is 0.0190. The lowest BCUT2D eigenvalue weighted by Gasteiger charge is -2.39. The number of carbonyl (C=O) groups excluding carboxylic acids is 1. The molecule has 0 aromatic carbocycles. The van der Waals surface area contributed by atoms with Crippen molar-refractivity contribution in [1.29, 1.82) is 0 Å². The minimum atomic E-state index is -0.510. The zero-order valence-corrected chi connectivity index (χ0v) is 11.9. The van der Waals surface area contributed by atoms with Crippen LogP contribution in [-0.2, 0) is 4.79 Å². The second-order valence-corrected chi connectivity index (χ2v) is 5.44. The van der Waals surface area contributed by atoms with Crippen LogP contribution in [0.2, 0.25) is 0 Å². The fourth-order valence-electron chi connectivity index (χ4n) is 2.24. The number of hydrogen-bond acceptors (Lipinski definition) is 4. The van der Waals surface area contributed by atoms with Gasteiger partial charge >= 0.3 is 0 Å². The van der Waals surface area contributed by atoms with Crippen molar-refractivity contribution in [2.24, 2.45) is 0 Å². The van der Waals surface area contributed by atoms with E-state index >= 15 is 0 Å². The van der Waals surface area contributed by atoms with Gasteiger partial charge in [0.1, 0.15) is 0 Å². The summed E-state index contributed by atoms with van der Waals surface area (Å²) >= 11 is 0. The number of anilines is 1. The first-order valence-electron chi connectivity index (χ1n) is 6.69. The third kappa shape index (κ3) is 3.11. The molecule has 0 radical (unpaired) electrons. The Kier molecular flexibility index (Phi) is 4.17. The zero-order chi connectivity index (χ0) is 13.9. The first-order chi connectivity index (χ1) is 9.01. The quantitative estimate of drug-likeness (QED) is 0.853. The van der Waals surface area contributed by atoms with Crippen LogP contribution in [0.5, 0.6) is 0 Å². The molecule has 1 aromatic rings. The molecule has 0 spiro atoms. The second kappa shape index (κ2) is 5.67. The van der Waals surface area contributed by atoms with Gasteiger partial charge < -0.3 is 10.6 Å². The standard InChI is InChI=1S/C14H22N4O/c1-11-4-5-16-10-12(11)17-13(19)14(2,3)18-8-6-15-7-9-18/h4-5,10,15H,6-9H2,1-3H3,(H,17,19). The summed E-state index contributed by atoms with van der Waals surface area (Å²) in [4.78, 5) is 18.8. The second-order valence-electron chi connectivity index (χ2n) is 5.44. The molecule has 1 aliphatic rings. The molecule has 2 rings (SSSR count). The molecule has 104 valence electrons. The highest BCUT2D eigenvalue weighted by atomic mass is 16.2. The Morgan fingerprint density at radius 3 is 2.74 bits per heavy atom. The van der Waals surface area contributed by atoms with E-state index in [1.807, 2.05) is 26.8 Å². The fraction of sp³-hybridized carbons (Fsp3) is 0.571. The van der Waals surface area contributed by atoms with E-state index in [-0.39, 0.29) is 5.91 Å². The fourth-order valence-corrected chi connectivity index (χ4v) is 2.24. The van der Waals surface area contributed by atoms with E-state index in [0.29, 0.717) is 0 Å². The Morgan fingerprint density at radius 1 is 1.42 bits per heavy atom. The molecule has 2 N–H and O–H groups in total. The maximum atomic E-state index is 12.5. The molecule has 0 atom stereocenters. The van der Waals surface area contributed by atoms with Crippen LogP contribution in [0.3, 0.4) is 0 Å². The Hall–Kier alpha value is -1.46. The number of hydrogen-bond donors (Lipinski definition) is 2. The number of carbonyl (C=O) groups is 1. The van der Waals surface area contributed by atoms with Gasteiger partial charge in [-0.15, -0.1) is 0 Å². The van der Waals surface area contributed by atoms with Crippen molar-refractivity contribution >= 4 is 11.6 Å². The van der Waals surface area contributed by atoms with Crippen molar-refractivity contribution in [1.82, 2.24) is 15.2 Å². The number of nitrogens with one attached hydrogen (secondary N) is 2. The highest BCUT2D eigenvalue weighted by Gasteiger charge is 2.35. The minimum Gasteiger partial charge on any atom is -0.323 e. The number of nitrogens with zero attached hydrogens (tertiary/aromatic N) is 2. The third-order valence-corrected chi connectivity index (χ3v) is 3.75. The van der Waals surface area contributed by atoms with E-state index in [1.54, 1.807) is 12.4 Å². The lowest BCUT2D eigenvalue weighted by Crippen LogP contribution is -2.58. The topological polar surface area (TPSA) is 57.3 Å². The smallest absolute Gasteiger partial charge is 0.244 e. The molecule has 1 fully saturated rings. The third-order valence-electron chi connectivity index (χ3n) is 3.75. The van der Waals surface area contributed by atoms with Crippen LogP contribution in [0.1, 0.15) is 19.4 Å². The summed E-state index contributed by atoms with van der Waals surface area (Å²) in [7, 11) is 0. The Labute approximate surface area is 114 Å². The number of aromatic nitrogens is 1. The van der Waals surface area contributed by atoms with Crippen molar-refractivity contribution in [2.45, 2.75) is 26.3 Å². The number of pyridine rings is 1. The van der Waals surface area contributed by atoms with Gasteiger partial charge in [0.05, 0.1) is 17.4 Å². The molecular weight excluding hydrogens is 240 g/mol. The predicted octanol–water partition coefficient (Wildman–Crippen LogP) is 1.01. The molecule has 5 nitrogen and oxygen atoms in total. The molecule has 1 amide bonds. The number of amides is 1. The van der Waals surface area contributed by atoms with E-state index in [1.165, 1.54) is 0 Å². The summed E-state index contributed by atoms with van der Waals surface area (Å²) in [5.41, 5.74) is 1.31. The van der Waals surface area contributed by atoms with E-state index in [0.717, 1.165) is 37.4 Å². The summed E-state index contributed by atoms with van der Waals surface area (Å²) in [6.07, 6.45) is 3.42. The Balaban J connectivity index is 2.08. The van der Waals surface area contributed by atoms with Gasteiger partial charge in [-0.3, -0.25) is 14.7 Å². The van der Waals surface area contributed by atoms with Gasteiger partial charge in [-0.05, 0) is 32.4 Å². The average Bonchev–Trinajstić information content (AvgIpc) is 2.42. The van der Waals surface area contributed by atoms with Crippen LogP contribution in [-0.4, -0.2) is 47.5 Å². The van der Waals surface area contributed by atoms with Gasteiger partial charge in [0, 0.05) is 32.4 Å². The van der Waals surface area contributed by atoms with Gasteiger partial charge in [-0.2, -0.15) is 0 Å². The van der Waals surface area contributed by atoms with Gasteiger partial charge in [0.15, 0.2) is 0 Å². The largest absolute Gasteiger partial charge is 0.323 e.